The molecule has 0 aliphatic rings. The highest BCUT2D eigenvalue weighted by Crippen LogP contribution is 2.39. The van der Waals surface area contributed by atoms with Crippen LogP contribution >= 0.6 is 0 Å². The fourth-order valence-electron chi connectivity index (χ4n) is 9.75. The van der Waals surface area contributed by atoms with E-state index in [1.165, 1.54) is 154 Å². The van der Waals surface area contributed by atoms with Crippen LogP contribution in [0.1, 0.15) is 300 Å². The SMILES string of the molecule is CCCCCCCCCCCCCCCCCC(=O)NCC(NC(=O)CCCCCCCCCCCCCCCCC)C(=O)NC(C)(C)CC(C)(C)C[C@](C)(CC)OCCC(C)(C)OC. The zero-order chi connectivity index (χ0) is 48.7. The van der Waals surface area contributed by atoms with Crippen molar-refractivity contribution in [3.63, 3.8) is 0 Å². The lowest BCUT2D eigenvalue weighted by Gasteiger charge is -2.42. The standard InChI is InChI=1S/C57H113N3O5/c1-12-15-17-19-21-23-25-27-29-31-33-35-37-39-41-43-51(61)58-47-50(59-52(62)44-42-40-38-36-34-32-30-28-26-24-22-20-18-16-13-2)53(63)60-55(6,7)48-54(4,5)49-57(10,14-3)65-46-45-56(8,9)64-11/h50H,12-49H2,1-11H3,(H,58,61)(H,59,62)(H,60,63)/t50?,57-/m0/s1. The molecule has 0 aliphatic heterocycles. The van der Waals surface area contributed by atoms with Crippen LogP contribution < -0.4 is 16.0 Å². The summed E-state index contributed by atoms with van der Waals surface area (Å²) in [7, 11) is 1.74. The summed E-state index contributed by atoms with van der Waals surface area (Å²) >= 11 is 0. The molecular formula is C57H113N3O5. The zero-order valence-electron chi connectivity index (χ0n) is 45.5. The van der Waals surface area contributed by atoms with Crippen LogP contribution in [-0.2, 0) is 23.9 Å². The molecule has 3 amide bonds. The Bertz CT molecular complexity index is 1160. The Balaban J connectivity index is 5.01. The van der Waals surface area contributed by atoms with Crippen molar-refractivity contribution in [3.8, 4) is 0 Å². The van der Waals surface area contributed by atoms with Gasteiger partial charge in [0.05, 0.1) is 17.8 Å². The highest BCUT2D eigenvalue weighted by atomic mass is 16.5. The van der Waals surface area contributed by atoms with Crippen molar-refractivity contribution in [1.29, 1.82) is 0 Å². The predicted octanol–water partition coefficient (Wildman–Crippen LogP) is 15.8. The van der Waals surface area contributed by atoms with E-state index in [2.05, 4.69) is 85.2 Å². The lowest BCUT2D eigenvalue weighted by atomic mass is 9.72. The number of methoxy groups -OCH3 is 1. The fraction of sp³-hybridized carbons (Fsp3) is 0.947. The number of rotatable bonds is 47. The van der Waals surface area contributed by atoms with Crippen LogP contribution in [0.3, 0.4) is 0 Å². The molecule has 2 atom stereocenters. The first-order chi connectivity index (χ1) is 30.9. The number of hydrogen-bond donors (Lipinski definition) is 3. The van der Waals surface area contributed by atoms with Gasteiger partial charge in [0.1, 0.15) is 6.04 Å². The molecule has 0 rings (SSSR count). The van der Waals surface area contributed by atoms with Crippen molar-refractivity contribution >= 4 is 17.7 Å². The number of ether oxygens (including phenoxy) is 2. The lowest BCUT2D eigenvalue weighted by molar-refractivity contribution is -0.131. The first-order valence-electron chi connectivity index (χ1n) is 28.0. The molecule has 0 saturated heterocycles. The van der Waals surface area contributed by atoms with Gasteiger partial charge >= 0.3 is 0 Å². The van der Waals surface area contributed by atoms with Crippen molar-refractivity contribution in [2.24, 2.45) is 5.41 Å². The third-order valence-corrected chi connectivity index (χ3v) is 13.9. The maximum Gasteiger partial charge on any atom is 0.244 e. The smallest absolute Gasteiger partial charge is 0.244 e. The van der Waals surface area contributed by atoms with Gasteiger partial charge in [0.25, 0.3) is 0 Å². The highest BCUT2D eigenvalue weighted by molar-refractivity contribution is 5.89. The minimum Gasteiger partial charge on any atom is -0.379 e. The number of hydrogen-bond acceptors (Lipinski definition) is 5. The van der Waals surface area contributed by atoms with E-state index in [1.807, 2.05) is 0 Å². The molecule has 0 aliphatic carbocycles. The highest BCUT2D eigenvalue weighted by Gasteiger charge is 2.38. The van der Waals surface area contributed by atoms with Crippen molar-refractivity contribution in [2.75, 3.05) is 20.3 Å². The van der Waals surface area contributed by atoms with Gasteiger partial charge in [-0.15, -0.1) is 0 Å². The van der Waals surface area contributed by atoms with E-state index in [0.29, 0.717) is 19.4 Å². The lowest BCUT2D eigenvalue weighted by Crippen LogP contribution is -2.57. The van der Waals surface area contributed by atoms with Crippen molar-refractivity contribution in [1.82, 2.24) is 16.0 Å². The van der Waals surface area contributed by atoms with Gasteiger partial charge in [0.2, 0.25) is 17.7 Å². The summed E-state index contributed by atoms with van der Waals surface area (Å²) in [6.07, 6.45) is 42.5. The van der Waals surface area contributed by atoms with Crippen molar-refractivity contribution < 1.29 is 23.9 Å². The maximum absolute atomic E-state index is 14.0. The second-order valence-electron chi connectivity index (χ2n) is 22.6. The average molecular weight is 921 g/mol. The summed E-state index contributed by atoms with van der Waals surface area (Å²) in [5.41, 5.74) is -1.25. The van der Waals surface area contributed by atoms with Crippen LogP contribution in [0.4, 0.5) is 0 Å². The third kappa shape index (κ3) is 38.9. The van der Waals surface area contributed by atoms with Gasteiger partial charge in [-0.05, 0) is 78.6 Å². The Morgan fingerprint density at radius 1 is 0.492 bits per heavy atom. The van der Waals surface area contributed by atoms with E-state index in [1.54, 1.807) is 7.11 Å². The molecule has 0 saturated carbocycles. The van der Waals surface area contributed by atoms with E-state index in [4.69, 9.17) is 9.47 Å². The van der Waals surface area contributed by atoms with Gasteiger partial charge in [0, 0.05) is 32.0 Å². The number of amides is 3. The molecule has 0 radical (unpaired) electrons. The normalized spacial score (nSPS) is 13.7. The second-order valence-corrected chi connectivity index (χ2v) is 22.6. The quantitative estimate of drug-likeness (QED) is 0.0527. The summed E-state index contributed by atoms with van der Waals surface area (Å²) in [5, 5.41) is 9.30. The van der Waals surface area contributed by atoms with Gasteiger partial charge < -0.3 is 25.4 Å². The Kier molecular flexibility index (Phi) is 38.2. The number of unbranched alkanes of at least 4 members (excludes halogenated alkanes) is 28. The van der Waals surface area contributed by atoms with E-state index >= 15 is 0 Å². The summed E-state index contributed by atoms with van der Waals surface area (Å²) in [5.74, 6) is -0.427. The van der Waals surface area contributed by atoms with E-state index in [-0.39, 0.29) is 40.9 Å². The van der Waals surface area contributed by atoms with Crippen LogP contribution in [0.15, 0.2) is 0 Å². The molecule has 0 heterocycles. The Labute approximate surface area is 405 Å². The number of carbonyl (C=O) groups excluding carboxylic acids is 3. The van der Waals surface area contributed by atoms with Crippen LogP contribution in [0.2, 0.25) is 0 Å². The summed E-state index contributed by atoms with van der Waals surface area (Å²) in [6.45, 7) is 22.4. The van der Waals surface area contributed by atoms with Crippen LogP contribution in [0, 0.1) is 5.41 Å². The van der Waals surface area contributed by atoms with Crippen molar-refractivity contribution in [2.45, 2.75) is 323 Å². The Morgan fingerprint density at radius 2 is 0.862 bits per heavy atom. The van der Waals surface area contributed by atoms with Crippen LogP contribution in [0.25, 0.3) is 0 Å². The van der Waals surface area contributed by atoms with E-state index in [0.717, 1.165) is 64.2 Å². The molecular weight excluding hydrogens is 807 g/mol. The van der Waals surface area contributed by atoms with Crippen molar-refractivity contribution in [3.05, 3.63) is 0 Å². The van der Waals surface area contributed by atoms with Gasteiger partial charge in [-0.3, -0.25) is 14.4 Å². The average Bonchev–Trinajstić information content (AvgIpc) is 3.24. The molecule has 0 fully saturated rings. The minimum absolute atomic E-state index is 0.0534. The molecule has 0 spiro atoms. The second kappa shape index (κ2) is 39.2. The molecule has 386 valence electrons. The third-order valence-electron chi connectivity index (χ3n) is 13.9. The van der Waals surface area contributed by atoms with Gasteiger partial charge in [-0.25, -0.2) is 0 Å². The molecule has 3 N–H and O–H groups in total. The molecule has 65 heavy (non-hydrogen) atoms. The van der Waals surface area contributed by atoms with E-state index < -0.39 is 11.6 Å². The predicted molar refractivity (Wildman–Crippen MR) is 280 cm³/mol. The Hall–Kier alpha value is -1.67. The summed E-state index contributed by atoms with van der Waals surface area (Å²) < 4.78 is 12.1. The van der Waals surface area contributed by atoms with Gasteiger partial charge in [-0.2, -0.15) is 0 Å². The molecule has 0 aromatic carbocycles. The van der Waals surface area contributed by atoms with Crippen LogP contribution in [-0.4, -0.2) is 60.8 Å². The molecule has 0 aromatic heterocycles. The molecule has 0 aromatic rings. The van der Waals surface area contributed by atoms with Gasteiger partial charge in [0.15, 0.2) is 0 Å². The fourth-order valence-corrected chi connectivity index (χ4v) is 9.75. The minimum atomic E-state index is -0.834. The number of nitrogens with one attached hydrogen (secondary N) is 3. The van der Waals surface area contributed by atoms with Gasteiger partial charge in [-0.1, -0.05) is 214 Å². The zero-order valence-corrected chi connectivity index (χ0v) is 45.5. The van der Waals surface area contributed by atoms with Crippen LogP contribution in [0.5, 0.6) is 0 Å². The largest absolute Gasteiger partial charge is 0.379 e. The number of carbonyl (C=O) groups is 3. The monoisotopic (exact) mass is 920 g/mol. The Morgan fingerprint density at radius 3 is 1.23 bits per heavy atom. The first-order valence-corrected chi connectivity index (χ1v) is 28.0. The summed E-state index contributed by atoms with van der Waals surface area (Å²) in [4.78, 5) is 40.3. The first kappa shape index (κ1) is 63.3. The van der Waals surface area contributed by atoms with E-state index in [9.17, 15) is 14.4 Å². The topological polar surface area (TPSA) is 106 Å². The summed E-state index contributed by atoms with van der Waals surface area (Å²) in [6, 6.07) is -0.834. The molecule has 8 nitrogen and oxygen atoms in total. The maximum atomic E-state index is 14.0. The molecule has 8 heteroatoms. The molecule has 0 bridgehead atoms. The molecule has 1 unspecified atom stereocenters.